The largest absolute Gasteiger partial charge is 0.363 e. The summed E-state index contributed by atoms with van der Waals surface area (Å²) in [7, 11) is 3.87. The zero-order valence-corrected chi connectivity index (χ0v) is 15.6. The predicted molar refractivity (Wildman–Crippen MR) is 98.9 cm³/mol. The van der Waals surface area contributed by atoms with E-state index in [4.69, 9.17) is 0 Å². The van der Waals surface area contributed by atoms with Crippen LogP contribution in [0.5, 0.6) is 0 Å². The molecule has 1 saturated heterocycles. The summed E-state index contributed by atoms with van der Waals surface area (Å²) >= 11 is 0. The Bertz CT molecular complexity index is 752. The van der Waals surface area contributed by atoms with Gasteiger partial charge < -0.3 is 9.80 Å². The summed E-state index contributed by atoms with van der Waals surface area (Å²) in [4.78, 5) is 21.4. The number of aromatic nitrogens is 3. The second-order valence-corrected chi connectivity index (χ2v) is 7.05. The topological polar surface area (TPSA) is 54.3 Å². The first-order valence-corrected chi connectivity index (χ1v) is 8.91. The van der Waals surface area contributed by atoms with Crippen LogP contribution in [0.4, 0.5) is 5.82 Å². The number of aryl methyl sites for hydroxylation is 2. The first-order chi connectivity index (χ1) is 12.0. The quantitative estimate of drug-likeness (QED) is 0.858. The molecule has 0 bridgehead atoms. The number of hydrogen-bond donors (Lipinski definition) is 0. The maximum atomic E-state index is 13.1. The molecule has 1 atom stereocenters. The van der Waals surface area contributed by atoms with E-state index in [-0.39, 0.29) is 11.9 Å². The minimum Gasteiger partial charge on any atom is -0.363 e. The molecule has 1 aliphatic rings. The van der Waals surface area contributed by atoms with Gasteiger partial charge in [0.1, 0.15) is 5.82 Å². The molecule has 1 amide bonds. The predicted octanol–water partition coefficient (Wildman–Crippen LogP) is 2.66. The fourth-order valence-electron chi connectivity index (χ4n) is 3.48. The van der Waals surface area contributed by atoms with Crippen LogP contribution in [0.15, 0.2) is 24.4 Å². The number of pyridine rings is 1. The molecule has 134 valence electrons. The molecule has 0 unspecified atom stereocenters. The zero-order chi connectivity index (χ0) is 18.0. The lowest BCUT2D eigenvalue weighted by molar-refractivity contribution is 0.0582. The minimum absolute atomic E-state index is 0.0942. The number of amides is 1. The monoisotopic (exact) mass is 341 g/mol. The SMILES string of the molecule is Cc1cc(C)n(C[C@@H]2CCCCN2C(=O)c2ccnc(N(C)C)c2)n1. The van der Waals surface area contributed by atoms with Gasteiger partial charge in [0.15, 0.2) is 0 Å². The van der Waals surface area contributed by atoms with Crippen molar-refractivity contribution in [1.82, 2.24) is 19.7 Å². The Balaban J connectivity index is 1.81. The highest BCUT2D eigenvalue weighted by Gasteiger charge is 2.28. The molecule has 2 aromatic rings. The van der Waals surface area contributed by atoms with Crippen molar-refractivity contribution in [3.05, 3.63) is 41.3 Å². The van der Waals surface area contributed by atoms with Crippen molar-refractivity contribution in [3.63, 3.8) is 0 Å². The fourth-order valence-corrected chi connectivity index (χ4v) is 3.48. The molecule has 3 heterocycles. The van der Waals surface area contributed by atoms with Crippen LogP contribution in [0.25, 0.3) is 0 Å². The summed E-state index contributed by atoms with van der Waals surface area (Å²) in [6, 6.07) is 5.96. The highest BCUT2D eigenvalue weighted by molar-refractivity contribution is 5.95. The molecule has 6 heteroatoms. The van der Waals surface area contributed by atoms with Gasteiger partial charge in [0.25, 0.3) is 5.91 Å². The van der Waals surface area contributed by atoms with E-state index < -0.39 is 0 Å². The minimum atomic E-state index is 0.0942. The van der Waals surface area contributed by atoms with Crippen LogP contribution < -0.4 is 4.90 Å². The second kappa shape index (κ2) is 7.25. The van der Waals surface area contributed by atoms with Gasteiger partial charge in [-0.3, -0.25) is 9.48 Å². The Labute approximate surface area is 149 Å². The van der Waals surface area contributed by atoms with Gasteiger partial charge in [-0.1, -0.05) is 0 Å². The Kier molecular flexibility index (Phi) is 5.06. The molecule has 1 aliphatic heterocycles. The lowest BCUT2D eigenvalue weighted by Gasteiger charge is -2.36. The molecule has 0 aromatic carbocycles. The molecule has 0 aliphatic carbocycles. The van der Waals surface area contributed by atoms with Gasteiger partial charge in [-0.05, 0) is 51.3 Å². The number of rotatable bonds is 4. The van der Waals surface area contributed by atoms with Crippen LogP contribution in [0.3, 0.4) is 0 Å². The van der Waals surface area contributed by atoms with E-state index in [1.165, 1.54) is 0 Å². The van der Waals surface area contributed by atoms with E-state index in [1.54, 1.807) is 6.20 Å². The van der Waals surface area contributed by atoms with Gasteiger partial charge in [-0.25, -0.2) is 4.98 Å². The highest BCUT2D eigenvalue weighted by Crippen LogP contribution is 2.22. The Morgan fingerprint density at radius 3 is 2.76 bits per heavy atom. The van der Waals surface area contributed by atoms with Gasteiger partial charge in [0.05, 0.1) is 18.3 Å². The number of hydrogen-bond acceptors (Lipinski definition) is 4. The van der Waals surface area contributed by atoms with Crippen LogP contribution in [-0.4, -0.2) is 52.3 Å². The van der Waals surface area contributed by atoms with Gasteiger partial charge >= 0.3 is 0 Å². The smallest absolute Gasteiger partial charge is 0.254 e. The Morgan fingerprint density at radius 2 is 2.08 bits per heavy atom. The lowest BCUT2D eigenvalue weighted by atomic mass is 10.0. The van der Waals surface area contributed by atoms with Gasteiger partial charge in [0, 0.05) is 38.1 Å². The van der Waals surface area contributed by atoms with Gasteiger partial charge in [-0.2, -0.15) is 5.10 Å². The Morgan fingerprint density at radius 1 is 1.28 bits per heavy atom. The van der Waals surface area contributed by atoms with E-state index >= 15 is 0 Å². The highest BCUT2D eigenvalue weighted by atomic mass is 16.2. The van der Waals surface area contributed by atoms with E-state index in [0.29, 0.717) is 5.56 Å². The third kappa shape index (κ3) is 3.83. The summed E-state index contributed by atoms with van der Waals surface area (Å²) in [5, 5.41) is 4.57. The van der Waals surface area contributed by atoms with E-state index in [0.717, 1.165) is 49.6 Å². The van der Waals surface area contributed by atoms with Crippen LogP contribution in [0.1, 0.15) is 41.0 Å². The summed E-state index contributed by atoms with van der Waals surface area (Å²) < 4.78 is 2.03. The van der Waals surface area contributed by atoms with Crippen molar-refractivity contribution in [1.29, 1.82) is 0 Å². The molecule has 2 aromatic heterocycles. The van der Waals surface area contributed by atoms with Crippen molar-refractivity contribution in [3.8, 4) is 0 Å². The normalized spacial score (nSPS) is 17.6. The first kappa shape index (κ1) is 17.5. The van der Waals surface area contributed by atoms with Gasteiger partial charge in [-0.15, -0.1) is 0 Å². The summed E-state index contributed by atoms with van der Waals surface area (Å²) in [5.41, 5.74) is 2.88. The Hall–Kier alpha value is -2.37. The number of carbonyl (C=O) groups is 1. The number of anilines is 1. The molecule has 0 radical (unpaired) electrons. The number of likely N-dealkylation sites (tertiary alicyclic amines) is 1. The van der Waals surface area contributed by atoms with Crippen molar-refractivity contribution in [2.24, 2.45) is 0 Å². The summed E-state index contributed by atoms with van der Waals surface area (Å²) in [5.74, 6) is 0.898. The fraction of sp³-hybridized carbons (Fsp3) is 0.526. The molecule has 1 fully saturated rings. The molecule has 0 spiro atoms. The standard InChI is InChI=1S/C19H27N5O/c1-14-11-15(2)24(21-14)13-17-7-5-6-10-23(17)19(25)16-8-9-20-18(12-16)22(3)4/h8-9,11-12,17H,5-7,10,13H2,1-4H3/t17-/m0/s1. The van der Waals surface area contributed by atoms with Crippen molar-refractivity contribution in [2.75, 3.05) is 25.5 Å². The summed E-state index contributed by atoms with van der Waals surface area (Å²) in [6.07, 6.45) is 4.95. The van der Waals surface area contributed by atoms with E-state index in [2.05, 4.69) is 23.1 Å². The lowest BCUT2D eigenvalue weighted by Crippen LogP contribution is -2.46. The third-order valence-corrected chi connectivity index (χ3v) is 4.83. The molecular weight excluding hydrogens is 314 g/mol. The maximum Gasteiger partial charge on any atom is 0.254 e. The molecule has 3 rings (SSSR count). The van der Waals surface area contributed by atoms with E-state index in [1.807, 2.05) is 47.6 Å². The van der Waals surface area contributed by atoms with Crippen LogP contribution >= 0.6 is 0 Å². The van der Waals surface area contributed by atoms with E-state index in [9.17, 15) is 4.79 Å². The van der Waals surface area contributed by atoms with Crippen molar-refractivity contribution >= 4 is 11.7 Å². The molecular formula is C19H27N5O. The zero-order valence-electron chi connectivity index (χ0n) is 15.6. The maximum absolute atomic E-state index is 13.1. The first-order valence-electron chi connectivity index (χ1n) is 8.91. The molecule has 0 saturated carbocycles. The number of carbonyl (C=O) groups excluding carboxylic acids is 1. The van der Waals surface area contributed by atoms with Gasteiger partial charge in [0.2, 0.25) is 0 Å². The molecule has 6 nitrogen and oxygen atoms in total. The summed E-state index contributed by atoms with van der Waals surface area (Å²) in [6.45, 7) is 5.65. The second-order valence-electron chi connectivity index (χ2n) is 7.05. The molecule has 0 N–H and O–H groups in total. The van der Waals surface area contributed by atoms with Crippen LogP contribution in [0, 0.1) is 13.8 Å². The van der Waals surface area contributed by atoms with Crippen LogP contribution in [-0.2, 0) is 6.54 Å². The van der Waals surface area contributed by atoms with Crippen LogP contribution in [0.2, 0.25) is 0 Å². The van der Waals surface area contributed by atoms with Crippen molar-refractivity contribution < 1.29 is 4.79 Å². The average molecular weight is 341 g/mol. The third-order valence-electron chi connectivity index (χ3n) is 4.83. The number of piperidine rings is 1. The molecule has 25 heavy (non-hydrogen) atoms. The van der Waals surface area contributed by atoms with Crippen molar-refractivity contribution in [2.45, 2.75) is 45.7 Å². The average Bonchev–Trinajstić information content (AvgIpc) is 2.92. The number of nitrogens with zero attached hydrogens (tertiary/aromatic N) is 5.